The maximum atomic E-state index is 12.8. The van der Waals surface area contributed by atoms with Gasteiger partial charge in [0.05, 0.1) is 6.10 Å². The highest BCUT2D eigenvalue weighted by Gasteiger charge is 2.11. The van der Waals surface area contributed by atoms with E-state index < -0.39 is 30.8 Å². The fourth-order valence-electron chi connectivity index (χ4n) is 1.25. The van der Waals surface area contributed by atoms with E-state index in [1.54, 1.807) is 0 Å². The molecule has 0 radical (unpaired) electrons. The quantitative estimate of drug-likeness (QED) is 0.623. The third-order valence-electron chi connectivity index (χ3n) is 2.11. The second-order valence-electron chi connectivity index (χ2n) is 3.44. The van der Waals surface area contributed by atoms with E-state index in [4.69, 9.17) is 0 Å². The number of benzene rings is 1. The maximum absolute atomic E-state index is 12.8. The van der Waals surface area contributed by atoms with Crippen LogP contribution >= 0.6 is 0 Å². The molecule has 1 atom stereocenters. The van der Waals surface area contributed by atoms with Crippen LogP contribution in [-0.4, -0.2) is 24.7 Å². The molecular weight excluding hydrogens is 240 g/mol. The normalized spacial score (nSPS) is 13.1. The van der Waals surface area contributed by atoms with Crippen molar-refractivity contribution in [2.24, 2.45) is 0 Å². The van der Waals surface area contributed by atoms with Crippen LogP contribution in [0.4, 0.5) is 17.6 Å². The molecule has 1 rings (SSSR count). The van der Waals surface area contributed by atoms with Crippen molar-refractivity contribution in [3.63, 3.8) is 0 Å². The van der Waals surface area contributed by atoms with Crippen LogP contribution in [0.25, 0.3) is 0 Å². The Labute approximate surface area is 95.8 Å². The molecule has 0 saturated heterocycles. The number of aliphatic hydroxyl groups is 1. The summed E-state index contributed by atoms with van der Waals surface area (Å²) in [7, 11) is 0. The first-order valence-corrected chi connectivity index (χ1v) is 4.99. The number of halogens is 4. The van der Waals surface area contributed by atoms with E-state index in [0.29, 0.717) is 0 Å². The number of rotatable bonds is 6. The van der Waals surface area contributed by atoms with E-state index in [-0.39, 0.29) is 18.6 Å². The molecule has 0 heterocycles. The van der Waals surface area contributed by atoms with Gasteiger partial charge in [0, 0.05) is 13.0 Å². The van der Waals surface area contributed by atoms with Gasteiger partial charge in [-0.1, -0.05) is 6.07 Å². The van der Waals surface area contributed by atoms with Gasteiger partial charge >= 0.3 is 0 Å². The molecule has 96 valence electrons. The zero-order chi connectivity index (χ0) is 12.8. The largest absolute Gasteiger partial charge is 0.388 e. The Balaban J connectivity index is 2.41. The second kappa shape index (κ2) is 6.56. The minimum Gasteiger partial charge on any atom is -0.388 e. The van der Waals surface area contributed by atoms with Gasteiger partial charge in [0.1, 0.15) is 6.61 Å². The molecule has 1 aromatic carbocycles. The predicted molar refractivity (Wildman–Crippen MR) is 52.8 cm³/mol. The zero-order valence-electron chi connectivity index (χ0n) is 8.88. The lowest BCUT2D eigenvalue weighted by Gasteiger charge is -2.11. The van der Waals surface area contributed by atoms with Crippen LogP contribution in [0.2, 0.25) is 0 Å². The van der Waals surface area contributed by atoms with Crippen LogP contribution in [0.3, 0.4) is 0 Å². The third kappa shape index (κ3) is 4.70. The highest BCUT2D eigenvalue weighted by Crippen LogP contribution is 2.19. The zero-order valence-corrected chi connectivity index (χ0v) is 8.88. The van der Waals surface area contributed by atoms with E-state index in [1.165, 1.54) is 6.07 Å². The topological polar surface area (TPSA) is 29.5 Å². The number of ether oxygens (including phenoxy) is 1. The molecule has 0 aliphatic heterocycles. The Hall–Kier alpha value is -1.14. The van der Waals surface area contributed by atoms with E-state index >= 15 is 0 Å². The average molecular weight is 252 g/mol. The van der Waals surface area contributed by atoms with Crippen molar-refractivity contribution in [2.45, 2.75) is 19.0 Å². The Bertz CT molecular complexity index is 357. The summed E-state index contributed by atoms with van der Waals surface area (Å²) in [5.41, 5.74) is 0.185. The van der Waals surface area contributed by atoms with Gasteiger partial charge in [0.2, 0.25) is 0 Å². The van der Waals surface area contributed by atoms with Crippen molar-refractivity contribution in [2.75, 3.05) is 13.2 Å². The molecule has 1 unspecified atom stereocenters. The first kappa shape index (κ1) is 13.9. The first-order valence-electron chi connectivity index (χ1n) is 4.99. The van der Waals surface area contributed by atoms with Gasteiger partial charge in [-0.3, -0.25) is 0 Å². The van der Waals surface area contributed by atoms with E-state index in [0.717, 1.165) is 12.1 Å². The van der Waals surface area contributed by atoms with Crippen molar-refractivity contribution in [3.05, 3.63) is 35.4 Å². The first-order chi connectivity index (χ1) is 8.00. The minimum atomic E-state index is -2.56. The van der Waals surface area contributed by atoms with Crippen molar-refractivity contribution in [3.8, 4) is 0 Å². The molecule has 6 heteroatoms. The van der Waals surface area contributed by atoms with Gasteiger partial charge in [-0.15, -0.1) is 0 Å². The molecule has 1 aromatic rings. The lowest BCUT2D eigenvalue weighted by molar-refractivity contribution is 0.00478. The van der Waals surface area contributed by atoms with E-state index in [2.05, 4.69) is 4.74 Å². The number of hydrogen-bond acceptors (Lipinski definition) is 2. The number of aliphatic hydroxyl groups excluding tert-OH is 1. The highest BCUT2D eigenvalue weighted by atomic mass is 19.3. The maximum Gasteiger partial charge on any atom is 0.261 e. The van der Waals surface area contributed by atoms with Gasteiger partial charge in [-0.05, 0) is 17.7 Å². The van der Waals surface area contributed by atoms with Gasteiger partial charge < -0.3 is 9.84 Å². The summed E-state index contributed by atoms with van der Waals surface area (Å²) in [6.45, 7) is -0.783. The lowest BCUT2D eigenvalue weighted by atomic mass is 10.1. The van der Waals surface area contributed by atoms with Crippen molar-refractivity contribution < 1.29 is 27.4 Å². The van der Waals surface area contributed by atoms with Crippen LogP contribution in [-0.2, 0) is 4.74 Å². The highest BCUT2D eigenvalue weighted by molar-refractivity contribution is 5.19. The Kier molecular flexibility index (Phi) is 5.37. The molecule has 0 bridgehead atoms. The Morgan fingerprint density at radius 3 is 2.47 bits per heavy atom. The van der Waals surface area contributed by atoms with Crippen molar-refractivity contribution in [1.29, 1.82) is 0 Å². The summed E-state index contributed by atoms with van der Waals surface area (Å²) >= 11 is 0. The van der Waals surface area contributed by atoms with Crippen LogP contribution in [0, 0.1) is 11.6 Å². The van der Waals surface area contributed by atoms with E-state index in [9.17, 15) is 22.7 Å². The summed E-state index contributed by atoms with van der Waals surface area (Å²) in [4.78, 5) is 0. The molecule has 1 N–H and O–H groups in total. The van der Waals surface area contributed by atoms with Gasteiger partial charge in [-0.2, -0.15) is 0 Å². The molecule has 0 aliphatic rings. The SMILES string of the molecule is OC(CCOCC(F)F)c1ccc(F)c(F)c1. The fraction of sp³-hybridized carbons (Fsp3) is 0.455. The predicted octanol–water partition coefficient (Wildman–Crippen LogP) is 2.67. The lowest BCUT2D eigenvalue weighted by Crippen LogP contribution is -2.08. The summed E-state index contributed by atoms with van der Waals surface area (Å²) in [5, 5.41) is 9.54. The molecule has 17 heavy (non-hydrogen) atoms. The molecule has 2 nitrogen and oxygen atoms in total. The van der Waals surface area contributed by atoms with Crippen LogP contribution < -0.4 is 0 Å². The summed E-state index contributed by atoms with van der Waals surface area (Å²) in [6.07, 6.45) is -3.59. The molecule has 0 aliphatic carbocycles. The van der Waals surface area contributed by atoms with Crippen LogP contribution in [0.15, 0.2) is 18.2 Å². The van der Waals surface area contributed by atoms with Crippen molar-refractivity contribution >= 4 is 0 Å². The summed E-state index contributed by atoms with van der Waals surface area (Å²) < 4.78 is 53.4. The molecular formula is C11H12F4O2. The van der Waals surface area contributed by atoms with Gasteiger partial charge in [0.25, 0.3) is 6.43 Å². The fourth-order valence-corrected chi connectivity index (χ4v) is 1.25. The van der Waals surface area contributed by atoms with Gasteiger partial charge in [0.15, 0.2) is 11.6 Å². The third-order valence-corrected chi connectivity index (χ3v) is 2.11. The summed E-state index contributed by atoms with van der Waals surface area (Å²) in [6, 6.07) is 3.00. The minimum absolute atomic E-state index is 0.0395. The molecule has 0 saturated carbocycles. The molecule has 0 spiro atoms. The Morgan fingerprint density at radius 2 is 1.88 bits per heavy atom. The standard InChI is InChI=1S/C11H12F4O2/c12-8-2-1-7(5-9(8)13)10(16)3-4-17-6-11(14)15/h1-2,5,10-11,16H,3-4,6H2. The van der Waals surface area contributed by atoms with Crippen LogP contribution in [0.5, 0.6) is 0 Å². The molecule has 0 amide bonds. The average Bonchev–Trinajstić information content (AvgIpc) is 2.27. The van der Waals surface area contributed by atoms with Crippen LogP contribution in [0.1, 0.15) is 18.1 Å². The summed E-state index contributed by atoms with van der Waals surface area (Å²) in [5.74, 6) is -2.06. The second-order valence-corrected chi connectivity index (χ2v) is 3.44. The van der Waals surface area contributed by atoms with Crippen molar-refractivity contribution in [1.82, 2.24) is 0 Å². The number of hydrogen-bond donors (Lipinski definition) is 1. The molecule has 0 fully saturated rings. The van der Waals surface area contributed by atoms with E-state index in [1.807, 2.05) is 0 Å². The molecule has 0 aromatic heterocycles. The Morgan fingerprint density at radius 1 is 1.18 bits per heavy atom. The monoisotopic (exact) mass is 252 g/mol. The smallest absolute Gasteiger partial charge is 0.261 e. The number of alkyl halides is 2. The van der Waals surface area contributed by atoms with Gasteiger partial charge in [-0.25, -0.2) is 17.6 Å².